The normalized spacial score (nSPS) is 11.6. The summed E-state index contributed by atoms with van der Waals surface area (Å²) in [5.41, 5.74) is 6.34. The van der Waals surface area contributed by atoms with Crippen molar-refractivity contribution in [3.8, 4) is 0 Å². The lowest BCUT2D eigenvalue weighted by atomic mass is 10.1. The van der Waals surface area contributed by atoms with Gasteiger partial charge < -0.3 is 11.1 Å². The molecule has 5 heteroatoms. The van der Waals surface area contributed by atoms with Gasteiger partial charge in [0.25, 0.3) is 5.56 Å². The Morgan fingerprint density at radius 2 is 1.95 bits per heavy atom. The molecular weight excluding hydrogens is 266 g/mol. The first-order valence-electron chi connectivity index (χ1n) is 6.94. The molecule has 21 heavy (non-hydrogen) atoms. The van der Waals surface area contributed by atoms with Crippen molar-refractivity contribution >= 4 is 16.8 Å². The minimum absolute atomic E-state index is 0.00947. The Labute approximate surface area is 123 Å². The predicted molar refractivity (Wildman–Crippen MR) is 84.0 cm³/mol. The van der Waals surface area contributed by atoms with Crippen LogP contribution < -0.4 is 16.6 Å². The van der Waals surface area contributed by atoms with Gasteiger partial charge in [-0.25, -0.2) is 0 Å². The van der Waals surface area contributed by atoms with E-state index in [0.717, 1.165) is 10.9 Å². The number of carbonyl (C=O) groups excluding carboxylic acids is 1. The van der Waals surface area contributed by atoms with Crippen molar-refractivity contribution in [3.63, 3.8) is 0 Å². The van der Waals surface area contributed by atoms with Crippen LogP contribution in [0.3, 0.4) is 0 Å². The van der Waals surface area contributed by atoms with Gasteiger partial charge in [0.05, 0.1) is 5.52 Å². The molecule has 112 valence electrons. The largest absolute Gasteiger partial charge is 0.350 e. The van der Waals surface area contributed by atoms with Gasteiger partial charge in [0.15, 0.2) is 0 Å². The molecule has 0 radical (unpaired) electrons. The minimum Gasteiger partial charge on any atom is -0.350 e. The molecule has 0 saturated heterocycles. The van der Waals surface area contributed by atoms with E-state index in [4.69, 9.17) is 5.73 Å². The molecule has 0 aliphatic rings. The van der Waals surface area contributed by atoms with Crippen molar-refractivity contribution in [1.29, 1.82) is 0 Å². The maximum Gasteiger partial charge on any atom is 0.256 e. The number of aromatic nitrogens is 1. The molecule has 0 fully saturated rings. The third kappa shape index (κ3) is 3.49. The van der Waals surface area contributed by atoms with Crippen molar-refractivity contribution in [2.24, 2.45) is 5.73 Å². The average molecular weight is 287 g/mol. The number of nitrogens with zero attached hydrogens (tertiary/aromatic N) is 1. The minimum atomic E-state index is -0.331. The second-order valence-electron chi connectivity index (χ2n) is 6.12. The van der Waals surface area contributed by atoms with Crippen LogP contribution in [0.15, 0.2) is 35.1 Å². The van der Waals surface area contributed by atoms with Gasteiger partial charge in [-0.3, -0.25) is 14.2 Å². The lowest BCUT2D eigenvalue weighted by Gasteiger charge is -2.21. The van der Waals surface area contributed by atoms with Crippen LogP contribution in [0.5, 0.6) is 0 Å². The van der Waals surface area contributed by atoms with Crippen molar-refractivity contribution in [1.82, 2.24) is 9.88 Å². The van der Waals surface area contributed by atoms with E-state index in [-0.39, 0.29) is 30.1 Å². The molecule has 2 aromatic rings. The molecule has 0 saturated carbocycles. The molecule has 0 aliphatic heterocycles. The Balaban J connectivity index is 2.49. The average Bonchev–Trinajstić information content (AvgIpc) is 2.39. The van der Waals surface area contributed by atoms with Crippen molar-refractivity contribution in [3.05, 3.63) is 46.2 Å². The summed E-state index contributed by atoms with van der Waals surface area (Å²) in [5, 5.41) is 3.77. The van der Waals surface area contributed by atoms with Gasteiger partial charge in [-0.2, -0.15) is 0 Å². The second kappa shape index (κ2) is 5.69. The third-order valence-corrected chi connectivity index (χ3v) is 3.11. The summed E-state index contributed by atoms with van der Waals surface area (Å²) in [5.74, 6) is -0.191. The predicted octanol–water partition coefficient (Wildman–Crippen LogP) is 1.37. The lowest BCUT2D eigenvalue weighted by molar-refractivity contribution is -0.123. The fourth-order valence-corrected chi connectivity index (χ4v) is 2.29. The molecule has 5 nitrogen and oxygen atoms in total. The summed E-state index contributed by atoms with van der Waals surface area (Å²) in [6.45, 7) is 5.86. The number of amides is 1. The molecule has 1 aromatic carbocycles. The Morgan fingerprint density at radius 3 is 2.57 bits per heavy atom. The van der Waals surface area contributed by atoms with Crippen LogP contribution in [-0.4, -0.2) is 16.0 Å². The van der Waals surface area contributed by atoms with Crippen molar-refractivity contribution < 1.29 is 4.79 Å². The number of nitrogens with two attached hydrogens (primary N) is 1. The Kier molecular flexibility index (Phi) is 4.14. The molecule has 2 rings (SSSR count). The highest BCUT2D eigenvalue weighted by Gasteiger charge is 2.16. The highest BCUT2D eigenvalue weighted by molar-refractivity contribution is 5.83. The molecule has 1 amide bonds. The van der Waals surface area contributed by atoms with Crippen LogP contribution in [0.4, 0.5) is 0 Å². The molecular formula is C16H21N3O2. The SMILES string of the molecule is CC(C)(C)NC(=O)Cn1c(=O)c(CN)cc2ccccc21. The van der Waals surface area contributed by atoms with Crippen LogP contribution in [0.25, 0.3) is 10.9 Å². The topological polar surface area (TPSA) is 77.1 Å². The Bertz CT molecular complexity index is 726. The van der Waals surface area contributed by atoms with Gasteiger partial charge in [0, 0.05) is 17.6 Å². The Morgan fingerprint density at radius 1 is 1.29 bits per heavy atom. The number of para-hydroxylation sites is 1. The Hall–Kier alpha value is -2.14. The van der Waals surface area contributed by atoms with E-state index < -0.39 is 0 Å². The second-order valence-corrected chi connectivity index (χ2v) is 6.12. The number of hydrogen-bond donors (Lipinski definition) is 2. The van der Waals surface area contributed by atoms with Crippen molar-refractivity contribution in [2.45, 2.75) is 39.4 Å². The van der Waals surface area contributed by atoms with Crippen LogP contribution in [-0.2, 0) is 17.9 Å². The third-order valence-electron chi connectivity index (χ3n) is 3.11. The number of hydrogen-bond acceptors (Lipinski definition) is 3. The van der Waals surface area contributed by atoms with E-state index in [0.29, 0.717) is 5.56 Å². The monoisotopic (exact) mass is 287 g/mol. The quantitative estimate of drug-likeness (QED) is 0.895. The van der Waals surface area contributed by atoms with E-state index in [9.17, 15) is 9.59 Å². The molecule has 3 N–H and O–H groups in total. The zero-order valence-electron chi connectivity index (χ0n) is 12.6. The number of pyridine rings is 1. The van der Waals surface area contributed by atoms with Gasteiger partial charge in [-0.1, -0.05) is 18.2 Å². The van der Waals surface area contributed by atoms with Gasteiger partial charge in [-0.15, -0.1) is 0 Å². The van der Waals surface area contributed by atoms with Gasteiger partial charge in [0.1, 0.15) is 6.54 Å². The van der Waals surface area contributed by atoms with E-state index in [1.807, 2.05) is 45.0 Å². The molecule has 0 unspecified atom stereocenters. The first kappa shape index (κ1) is 15.3. The van der Waals surface area contributed by atoms with Crippen molar-refractivity contribution in [2.75, 3.05) is 0 Å². The maximum atomic E-state index is 12.4. The highest BCUT2D eigenvalue weighted by atomic mass is 16.2. The summed E-state index contributed by atoms with van der Waals surface area (Å²) >= 11 is 0. The number of nitrogens with one attached hydrogen (secondary N) is 1. The summed E-state index contributed by atoms with van der Waals surface area (Å²) in [6.07, 6.45) is 0. The van der Waals surface area contributed by atoms with Crippen LogP contribution in [0.1, 0.15) is 26.3 Å². The summed E-state index contributed by atoms with van der Waals surface area (Å²) in [6, 6.07) is 9.28. The van der Waals surface area contributed by atoms with Gasteiger partial charge in [-0.05, 0) is 38.3 Å². The molecule has 0 aliphatic carbocycles. The van der Waals surface area contributed by atoms with Crippen LogP contribution >= 0.6 is 0 Å². The summed E-state index contributed by atoms with van der Waals surface area (Å²) in [7, 11) is 0. The van der Waals surface area contributed by atoms with E-state index in [1.165, 1.54) is 4.57 Å². The number of fused-ring (bicyclic) bond motifs is 1. The fourth-order valence-electron chi connectivity index (χ4n) is 2.29. The van der Waals surface area contributed by atoms with Gasteiger partial charge in [0.2, 0.25) is 5.91 Å². The molecule has 0 atom stereocenters. The number of benzene rings is 1. The van der Waals surface area contributed by atoms with E-state index in [1.54, 1.807) is 6.07 Å². The fraction of sp³-hybridized carbons (Fsp3) is 0.375. The maximum absolute atomic E-state index is 12.4. The highest BCUT2D eigenvalue weighted by Crippen LogP contribution is 2.13. The summed E-state index contributed by atoms with van der Waals surface area (Å²) in [4.78, 5) is 24.5. The molecule has 0 bridgehead atoms. The molecule has 1 heterocycles. The molecule has 0 spiro atoms. The number of carbonyl (C=O) groups is 1. The summed E-state index contributed by atoms with van der Waals surface area (Å²) < 4.78 is 1.48. The standard InChI is InChI=1S/C16H21N3O2/c1-16(2,3)18-14(20)10-19-13-7-5-4-6-11(13)8-12(9-17)15(19)21/h4-8H,9-10,17H2,1-3H3,(H,18,20). The van der Waals surface area contributed by atoms with E-state index in [2.05, 4.69) is 5.32 Å². The van der Waals surface area contributed by atoms with E-state index >= 15 is 0 Å². The molecule has 1 aromatic heterocycles. The first-order chi connectivity index (χ1) is 9.81. The zero-order valence-corrected chi connectivity index (χ0v) is 12.6. The number of rotatable bonds is 3. The van der Waals surface area contributed by atoms with Gasteiger partial charge >= 0.3 is 0 Å². The zero-order chi connectivity index (χ0) is 15.6. The van der Waals surface area contributed by atoms with Crippen LogP contribution in [0.2, 0.25) is 0 Å². The first-order valence-corrected chi connectivity index (χ1v) is 6.94. The van der Waals surface area contributed by atoms with Crippen LogP contribution in [0, 0.1) is 0 Å². The smallest absolute Gasteiger partial charge is 0.256 e. The lowest BCUT2D eigenvalue weighted by Crippen LogP contribution is -2.43.